The van der Waals surface area contributed by atoms with Gasteiger partial charge in [-0.2, -0.15) is 0 Å². The van der Waals surface area contributed by atoms with Gasteiger partial charge in [0, 0.05) is 15.2 Å². The number of phenols is 1. The maximum atomic E-state index is 10.3. The summed E-state index contributed by atoms with van der Waals surface area (Å²) in [4.78, 5) is 10.3. The molecular formula is C10H9IO4. The lowest BCUT2D eigenvalue weighted by molar-refractivity contribution is -0.131. The van der Waals surface area contributed by atoms with E-state index >= 15 is 0 Å². The summed E-state index contributed by atoms with van der Waals surface area (Å²) in [6, 6.07) is 3.33. The smallest absolute Gasteiger partial charge is 0.328 e. The normalized spacial score (nSPS) is 10.5. The molecule has 0 heterocycles. The molecule has 0 aliphatic rings. The number of halogens is 1. The SMILES string of the molecule is COc1cc(I)cc(C=CC(=O)O)c1O. The number of methoxy groups -OCH3 is 1. The highest BCUT2D eigenvalue weighted by molar-refractivity contribution is 14.1. The minimum absolute atomic E-state index is 0.0598. The van der Waals surface area contributed by atoms with Crippen molar-refractivity contribution in [3.63, 3.8) is 0 Å². The number of carboxylic acid groups (broad SMARTS) is 1. The Balaban J connectivity index is 3.17. The van der Waals surface area contributed by atoms with Crippen LogP contribution in [-0.2, 0) is 4.79 Å². The Morgan fingerprint density at radius 2 is 2.20 bits per heavy atom. The van der Waals surface area contributed by atoms with E-state index in [4.69, 9.17) is 9.84 Å². The molecule has 0 saturated carbocycles. The third-order valence-electron chi connectivity index (χ3n) is 1.69. The predicted octanol–water partition coefficient (Wildman–Crippen LogP) is 2.10. The number of aromatic hydroxyl groups is 1. The van der Waals surface area contributed by atoms with Gasteiger partial charge in [0.15, 0.2) is 11.5 Å². The number of carbonyl (C=O) groups is 1. The highest BCUT2D eigenvalue weighted by Crippen LogP contribution is 2.32. The average molecular weight is 320 g/mol. The van der Waals surface area contributed by atoms with E-state index in [-0.39, 0.29) is 5.75 Å². The van der Waals surface area contributed by atoms with E-state index in [1.807, 2.05) is 0 Å². The van der Waals surface area contributed by atoms with Gasteiger partial charge in [0.1, 0.15) is 0 Å². The highest BCUT2D eigenvalue weighted by Gasteiger charge is 2.07. The second-order valence-electron chi connectivity index (χ2n) is 2.72. The van der Waals surface area contributed by atoms with E-state index in [0.29, 0.717) is 11.3 Å². The first-order chi connectivity index (χ1) is 7.04. The lowest BCUT2D eigenvalue weighted by atomic mass is 10.1. The van der Waals surface area contributed by atoms with Crippen molar-refractivity contribution in [2.24, 2.45) is 0 Å². The minimum Gasteiger partial charge on any atom is -0.504 e. The Morgan fingerprint density at radius 3 is 2.73 bits per heavy atom. The van der Waals surface area contributed by atoms with Gasteiger partial charge >= 0.3 is 5.97 Å². The Hall–Kier alpha value is -1.24. The van der Waals surface area contributed by atoms with Crippen LogP contribution in [0.4, 0.5) is 0 Å². The van der Waals surface area contributed by atoms with Gasteiger partial charge in [0.2, 0.25) is 0 Å². The van der Waals surface area contributed by atoms with Gasteiger partial charge in [-0.25, -0.2) is 4.79 Å². The van der Waals surface area contributed by atoms with Crippen LogP contribution in [0.5, 0.6) is 11.5 Å². The molecule has 80 valence electrons. The van der Waals surface area contributed by atoms with E-state index in [1.54, 1.807) is 12.1 Å². The highest BCUT2D eigenvalue weighted by atomic mass is 127. The summed E-state index contributed by atoms with van der Waals surface area (Å²) < 4.78 is 5.79. The topological polar surface area (TPSA) is 66.8 Å². The second kappa shape index (κ2) is 5.01. The summed E-state index contributed by atoms with van der Waals surface area (Å²) in [6.07, 6.45) is 2.28. The fourth-order valence-electron chi connectivity index (χ4n) is 1.04. The summed E-state index contributed by atoms with van der Waals surface area (Å²) in [7, 11) is 1.44. The first-order valence-electron chi connectivity index (χ1n) is 4.02. The number of phenolic OH excluding ortho intramolecular Hbond substituents is 1. The molecule has 0 aliphatic carbocycles. The third kappa shape index (κ3) is 3.12. The standard InChI is InChI=1S/C10H9IO4/c1-15-8-5-7(11)4-6(10(8)14)2-3-9(12)13/h2-5,14H,1H3,(H,12,13). The maximum Gasteiger partial charge on any atom is 0.328 e. The van der Waals surface area contributed by atoms with Crippen LogP contribution >= 0.6 is 22.6 Å². The van der Waals surface area contributed by atoms with Crippen LogP contribution in [-0.4, -0.2) is 23.3 Å². The zero-order chi connectivity index (χ0) is 11.4. The molecule has 4 nitrogen and oxygen atoms in total. The van der Waals surface area contributed by atoms with Crippen LogP contribution in [0.25, 0.3) is 6.08 Å². The molecular weight excluding hydrogens is 311 g/mol. The molecule has 0 unspecified atom stereocenters. The van der Waals surface area contributed by atoms with Crippen molar-refractivity contribution in [2.45, 2.75) is 0 Å². The maximum absolute atomic E-state index is 10.3. The monoisotopic (exact) mass is 320 g/mol. The zero-order valence-corrected chi connectivity index (χ0v) is 10.1. The average Bonchev–Trinajstić information content (AvgIpc) is 2.18. The number of hydrogen-bond acceptors (Lipinski definition) is 3. The van der Waals surface area contributed by atoms with Crippen molar-refractivity contribution in [1.29, 1.82) is 0 Å². The lowest BCUT2D eigenvalue weighted by Crippen LogP contribution is -1.89. The van der Waals surface area contributed by atoms with Gasteiger partial charge < -0.3 is 14.9 Å². The fraction of sp³-hybridized carbons (Fsp3) is 0.100. The molecule has 1 rings (SSSR count). The number of hydrogen-bond donors (Lipinski definition) is 2. The van der Waals surface area contributed by atoms with Gasteiger partial charge in [-0.3, -0.25) is 0 Å². The third-order valence-corrected chi connectivity index (χ3v) is 2.32. The van der Waals surface area contributed by atoms with E-state index in [1.165, 1.54) is 13.2 Å². The summed E-state index contributed by atoms with van der Waals surface area (Å²) in [6.45, 7) is 0. The van der Waals surface area contributed by atoms with Crippen LogP contribution < -0.4 is 4.74 Å². The van der Waals surface area contributed by atoms with E-state index in [0.717, 1.165) is 9.65 Å². The summed E-state index contributed by atoms with van der Waals surface area (Å²) in [5, 5.41) is 18.1. The molecule has 0 aliphatic heterocycles. The van der Waals surface area contributed by atoms with Crippen molar-refractivity contribution in [3.8, 4) is 11.5 Å². The number of rotatable bonds is 3. The first-order valence-corrected chi connectivity index (χ1v) is 5.10. The Labute approximate surface area is 100 Å². The molecule has 1 aromatic carbocycles. The van der Waals surface area contributed by atoms with Crippen LogP contribution in [0.2, 0.25) is 0 Å². The number of benzene rings is 1. The molecule has 2 N–H and O–H groups in total. The Bertz CT molecular complexity index is 412. The van der Waals surface area contributed by atoms with Gasteiger partial charge in [0.25, 0.3) is 0 Å². The van der Waals surface area contributed by atoms with Crippen LogP contribution in [0, 0.1) is 3.57 Å². The molecule has 0 bridgehead atoms. The first kappa shape index (κ1) is 11.8. The Kier molecular flexibility index (Phi) is 3.96. The van der Waals surface area contributed by atoms with Crippen molar-refractivity contribution in [2.75, 3.05) is 7.11 Å². The molecule has 0 aromatic heterocycles. The van der Waals surface area contributed by atoms with Crippen LogP contribution in [0.3, 0.4) is 0 Å². The second-order valence-corrected chi connectivity index (χ2v) is 3.96. The summed E-state index contributed by atoms with van der Waals surface area (Å²) >= 11 is 2.06. The molecule has 0 spiro atoms. The summed E-state index contributed by atoms with van der Waals surface area (Å²) in [5.41, 5.74) is 0.418. The van der Waals surface area contributed by atoms with Gasteiger partial charge in [-0.1, -0.05) is 0 Å². The van der Waals surface area contributed by atoms with Gasteiger partial charge in [0.05, 0.1) is 7.11 Å². The molecule has 0 fully saturated rings. The minimum atomic E-state index is -1.06. The predicted molar refractivity (Wildman–Crippen MR) is 64.0 cm³/mol. The molecule has 15 heavy (non-hydrogen) atoms. The Morgan fingerprint density at radius 1 is 1.53 bits per heavy atom. The largest absolute Gasteiger partial charge is 0.504 e. The van der Waals surface area contributed by atoms with E-state index in [9.17, 15) is 9.90 Å². The van der Waals surface area contributed by atoms with Crippen LogP contribution in [0.1, 0.15) is 5.56 Å². The zero-order valence-electron chi connectivity index (χ0n) is 7.90. The quantitative estimate of drug-likeness (QED) is 0.661. The van der Waals surface area contributed by atoms with Gasteiger partial charge in [-0.15, -0.1) is 0 Å². The lowest BCUT2D eigenvalue weighted by Gasteiger charge is -2.06. The van der Waals surface area contributed by atoms with E-state index in [2.05, 4.69) is 22.6 Å². The number of carboxylic acids is 1. The van der Waals surface area contributed by atoms with Crippen molar-refractivity contribution in [3.05, 3.63) is 27.3 Å². The fourth-order valence-corrected chi connectivity index (χ4v) is 1.66. The van der Waals surface area contributed by atoms with Crippen LogP contribution in [0.15, 0.2) is 18.2 Å². The molecule has 0 radical (unpaired) electrons. The molecule has 1 aromatic rings. The molecule has 5 heteroatoms. The van der Waals surface area contributed by atoms with Crippen molar-refractivity contribution >= 4 is 34.6 Å². The molecule has 0 atom stereocenters. The van der Waals surface area contributed by atoms with Crippen molar-refractivity contribution in [1.82, 2.24) is 0 Å². The van der Waals surface area contributed by atoms with Gasteiger partial charge in [-0.05, 0) is 40.8 Å². The van der Waals surface area contributed by atoms with Crippen molar-refractivity contribution < 1.29 is 19.7 Å². The molecule has 0 saturated heterocycles. The molecule has 0 amide bonds. The number of ether oxygens (including phenoxy) is 1. The number of aliphatic carboxylic acids is 1. The van der Waals surface area contributed by atoms with E-state index < -0.39 is 5.97 Å². The summed E-state index contributed by atoms with van der Waals surface area (Å²) in [5.74, 6) is -0.797.